The number of halogens is 1. The molecule has 38 heavy (non-hydrogen) atoms. The van der Waals surface area contributed by atoms with Crippen molar-refractivity contribution in [3.8, 4) is 5.75 Å². The van der Waals surface area contributed by atoms with Crippen LogP contribution in [0, 0.1) is 10.1 Å². The van der Waals surface area contributed by atoms with E-state index in [0.717, 1.165) is 5.01 Å². The van der Waals surface area contributed by atoms with Gasteiger partial charge in [0.2, 0.25) is 5.82 Å². The van der Waals surface area contributed by atoms with Crippen LogP contribution in [-0.2, 0) is 4.79 Å². The number of hydrogen-bond acceptors (Lipinski definition) is 9. The zero-order chi connectivity index (χ0) is 27.4. The van der Waals surface area contributed by atoms with Crippen molar-refractivity contribution in [3.63, 3.8) is 0 Å². The molecule has 1 aromatic carbocycles. The zero-order valence-electron chi connectivity index (χ0n) is 21.1. The van der Waals surface area contributed by atoms with Gasteiger partial charge in [0, 0.05) is 43.7 Å². The van der Waals surface area contributed by atoms with E-state index in [1.54, 1.807) is 48.4 Å². The van der Waals surface area contributed by atoms with Crippen LogP contribution >= 0.6 is 22.9 Å². The van der Waals surface area contributed by atoms with Crippen LogP contribution in [0.4, 0.5) is 11.5 Å². The van der Waals surface area contributed by atoms with Crippen molar-refractivity contribution >= 4 is 46.3 Å². The number of nitro groups is 1. The third kappa shape index (κ3) is 6.03. The molecule has 1 saturated heterocycles. The first-order valence-electron chi connectivity index (χ1n) is 11.9. The minimum atomic E-state index is -1.08. The minimum Gasteiger partial charge on any atom is -0.476 e. The van der Waals surface area contributed by atoms with Crippen LogP contribution < -0.4 is 15.2 Å². The van der Waals surface area contributed by atoms with Crippen molar-refractivity contribution in [2.45, 2.75) is 38.2 Å². The first-order valence-corrected chi connectivity index (χ1v) is 13.1. The minimum absolute atomic E-state index is 0.0137. The van der Waals surface area contributed by atoms with Gasteiger partial charge in [-0.3, -0.25) is 30.1 Å². The lowest BCUT2D eigenvalue weighted by Gasteiger charge is -2.36. The molecule has 13 heteroatoms. The predicted molar refractivity (Wildman–Crippen MR) is 144 cm³/mol. The number of pyridine rings is 1. The summed E-state index contributed by atoms with van der Waals surface area (Å²) in [6, 6.07) is 9.81. The SMILES string of the molecule is CN(NC(=O)c1csc(C2CCN(C(=O)C(C)(C)Oc3ccccc3Cl)CC2)n1)c1ncccc1[N+](=O)[O-]. The van der Waals surface area contributed by atoms with Crippen molar-refractivity contribution in [3.05, 3.63) is 73.8 Å². The topological polar surface area (TPSA) is 131 Å². The molecule has 0 unspecified atom stereocenters. The summed E-state index contributed by atoms with van der Waals surface area (Å²) in [7, 11) is 1.48. The molecule has 3 heterocycles. The number of rotatable bonds is 8. The summed E-state index contributed by atoms with van der Waals surface area (Å²) in [4.78, 5) is 46.9. The van der Waals surface area contributed by atoms with Gasteiger partial charge in [0.15, 0.2) is 5.60 Å². The summed E-state index contributed by atoms with van der Waals surface area (Å²) in [5.74, 6) is -0.0466. The Morgan fingerprint density at radius 1 is 1.24 bits per heavy atom. The Bertz CT molecular complexity index is 1340. The average molecular weight is 559 g/mol. The fourth-order valence-corrected chi connectivity index (χ4v) is 5.33. The molecule has 0 bridgehead atoms. The van der Waals surface area contributed by atoms with Crippen LogP contribution in [0.3, 0.4) is 0 Å². The van der Waals surface area contributed by atoms with Crippen molar-refractivity contribution < 1.29 is 19.2 Å². The highest BCUT2D eigenvalue weighted by Gasteiger charge is 2.37. The highest BCUT2D eigenvalue weighted by atomic mass is 35.5. The third-order valence-corrected chi connectivity index (χ3v) is 7.47. The van der Waals surface area contributed by atoms with Crippen molar-refractivity contribution in [1.29, 1.82) is 0 Å². The third-order valence-electron chi connectivity index (χ3n) is 6.15. The maximum atomic E-state index is 13.2. The van der Waals surface area contributed by atoms with Crippen LogP contribution in [0.1, 0.15) is 48.1 Å². The number of benzene rings is 1. The normalized spacial score (nSPS) is 14.2. The largest absolute Gasteiger partial charge is 0.476 e. The van der Waals surface area contributed by atoms with Gasteiger partial charge >= 0.3 is 5.69 Å². The summed E-state index contributed by atoms with van der Waals surface area (Å²) in [6.45, 7) is 4.53. The fraction of sp³-hybridized carbons (Fsp3) is 0.360. The molecule has 3 aromatic rings. The number of nitrogens with one attached hydrogen (secondary N) is 1. The van der Waals surface area contributed by atoms with Crippen LogP contribution in [0.2, 0.25) is 5.02 Å². The number of aromatic nitrogens is 2. The summed E-state index contributed by atoms with van der Waals surface area (Å²) >= 11 is 7.57. The summed E-state index contributed by atoms with van der Waals surface area (Å²) in [5.41, 5.74) is 1.48. The van der Waals surface area contributed by atoms with E-state index < -0.39 is 16.4 Å². The molecular weight excluding hydrogens is 532 g/mol. The number of anilines is 1. The number of para-hydroxylation sites is 1. The van der Waals surface area contributed by atoms with E-state index in [2.05, 4.69) is 15.4 Å². The van der Waals surface area contributed by atoms with E-state index >= 15 is 0 Å². The Morgan fingerprint density at radius 3 is 2.63 bits per heavy atom. The number of carbonyl (C=O) groups excluding carboxylic acids is 2. The lowest BCUT2D eigenvalue weighted by Crippen LogP contribution is -2.51. The van der Waals surface area contributed by atoms with Gasteiger partial charge in [-0.15, -0.1) is 11.3 Å². The maximum Gasteiger partial charge on any atom is 0.313 e. The second-order valence-corrected chi connectivity index (χ2v) is 10.6. The van der Waals surface area contributed by atoms with Crippen LogP contribution in [-0.4, -0.2) is 57.3 Å². The second kappa shape index (κ2) is 11.3. The first kappa shape index (κ1) is 27.3. The van der Waals surface area contributed by atoms with E-state index in [4.69, 9.17) is 16.3 Å². The van der Waals surface area contributed by atoms with Crippen LogP contribution in [0.15, 0.2) is 48.0 Å². The molecule has 0 atom stereocenters. The molecule has 4 rings (SSSR count). The molecule has 2 amide bonds. The van der Waals surface area contributed by atoms with E-state index in [-0.39, 0.29) is 29.0 Å². The van der Waals surface area contributed by atoms with Gasteiger partial charge in [-0.1, -0.05) is 23.7 Å². The van der Waals surface area contributed by atoms with Gasteiger partial charge in [0.1, 0.15) is 11.4 Å². The quantitative estimate of drug-likeness (QED) is 0.317. The van der Waals surface area contributed by atoms with E-state index in [0.29, 0.717) is 36.7 Å². The van der Waals surface area contributed by atoms with Gasteiger partial charge in [-0.2, -0.15) is 0 Å². The van der Waals surface area contributed by atoms with E-state index in [9.17, 15) is 19.7 Å². The van der Waals surface area contributed by atoms with Gasteiger partial charge in [-0.05, 0) is 44.9 Å². The van der Waals surface area contributed by atoms with Gasteiger partial charge < -0.3 is 9.64 Å². The number of hydrogen-bond donors (Lipinski definition) is 1. The monoisotopic (exact) mass is 558 g/mol. The Kier molecular flexibility index (Phi) is 8.12. The number of piperidine rings is 1. The summed E-state index contributed by atoms with van der Waals surface area (Å²) < 4.78 is 5.95. The Balaban J connectivity index is 1.34. The molecule has 1 aliphatic heterocycles. The molecule has 1 fully saturated rings. The molecule has 11 nitrogen and oxygen atoms in total. The number of thiazole rings is 1. The molecule has 0 aliphatic carbocycles. The first-order chi connectivity index (χ1) is 18.1. The van der Waals surface area contributed by atoms with E-state index in [1.165, 1.54) is 41.7 Å². The maximum absolute atomic E-state index is 13.2. The molecule has 2 aromatic heterocycles. The molecule has 200 valence electrons. The Labute approximate surface area is 228 Å². The lowest BCUT2D eigenvalue weighted by atomic mass is 9.96. The van der Waals surface area contributed by atoms with Crippen molar-refractivity contribution in [2.24, 2.45) is 0 Å². The Hall–Kier alpha value is -3.77. The molecule has 1 N–H and O–H groups in total. The van der Waals surface area contributed by atoms with Crippen LogP contribution in [0.5, 0.6) is 5.75 Å². The summed E-state index contributed by atoms with van der Waals surface area (Å²) in [5, 5.41) is 15.4. The fourth-order valence-electron chi connectivity index (χ4n) is 4.19. The van der Waals surface area contributed by atoms with Gasteiger partial charge in [-0.25, -0.2) is 9.97 Å². The number of amides is 2. The number of ether oxygens (including phenoxy) is 1. The number of carbonyl (C=O) groups is 2. The van der Waals surface area contributed by atoms with Crippen LogP contribution in [0.25, 0.3) is 0 Å². The molecule has 1 aliphatic rings. The Morgan fingerprint density at radius 2 is 1.95 bits per heavy atom. The zero-order valence-corrected chi connectivity index (χ0v) is 22.7. The standard InChI is InChI=1S/C25H27ClN6O5S/c1-25(2,37-20-9-5-4-7-17(20)26)24(34)31-13-10-16(11-14-31)23-28-18(15-38-23)22(33)29-30(3)21-19(32(35)36)8-6-12-27-21/h4-9,12,15-16H,10-11,13-14H2,1-3H3,(H,29,33). The highest BCUT2D eigenvalue weighted by Crippen LogP contribution is 2.33. The highest BCUT2D eigenvalue weighted by molar-refractivity contribution is 7.09. The predicted octanol–water partition coefficient (Wildman–Crippen LogP) is 4.44. The summed E-state index contributed by atoms with van der Waals surface area (Å²) in [6.07, 6.45) is 2.80. The molecule has 0 spiro atoms. The average Bonchev–Trinajstić information content (AvgIpc) is 3.40. The molecule has 0 radical (unpaired) electrons. The van der Waals surface area contributed by atoms with Crippen molar-refractivity contribution in [1.82, 2.24) is 20.3 Å². The van der Waals surface area contributed by atoms with Gasteiger partial charge in [0.05, 0.1) is 15.0 Å². The van der Waals surface area contributed by atoms with E-state index in [1.807, 2.05) is 0 Å². The smallest absolute Gasteiger partial charge is 0.313 e. The molecular formula is C25H27ClN6O5S. The lowest BCUT2D eigenvalue weighted by molar-refractivity contribution is -0.384. The van der Waals surface area contributed by atoms with Gasteiger partial charge in [0.25, 0.3) is 11.8 Å². The molecule has 0 saturated carbocycles. The number of nitrogens with zero attached hydrogens (tertiary/aromatic N) is 5. The second-order valence-electron chi connectivity index (χ2n) is 9.28. The number of hydrazine groups is 1. The number of likely N-dealkylation sites (tertiary alicyclic amines) is 1. The van der Waals surface area contributed by atoms with Crippen molar-refractivity contribution in [2.75, 3.05) is 25.1 Å².